The van der Waals surface area contributed by atoms with Crippen LogP contribution in [0.3, 0.4) is 0 Å². The summed E-state index contributed by atoms with van der Waals surface area (Å²) in [5, 5.41) is 0. The van der Waals surface area contributed by atoms with Crippen LogP contribution < -0.4 is 5.73 Å². The number of ketones is 1. The SMILES string of the molecule is Cc1ccc(N)c(C(=O)c2ccc(F)c(C)c2)c1. The highest BCUT2D eigenvalue weighted by molar-refractivity contribution is 6.12. The van der Waals surface area contributed by atoms with Crippen molar-refractivity contribution in [3.05, 3.63) is 64.5 Å². The Hall–Kier alpha value is -2.16. The maximum atomic E-state index is 13.2. The summed E-state index contributed by atoms with van der Waals surface area (Å²) < 4.78 is 13.2. The summed E-state index contributed by atoms with van der Waals surface area (Å²) in [4.78, 5) is 12.3. The summed E-state index contributed by atoms with van der Waals surface area (Å²) in [5.41, 5.74) is 8.56. The largest absolute Gasteiger partial charge is 0.398 e. The van der Waals surface area contributed by atoms with E-state index >= 15 is 0 Å². The minimum Gasteiger partial charge on any atom is -0.398 e. The number of halogens is 1. The molecular formula is C15H14FNO. The van der Waals surface area contributed by atoms with Gasteiger partial charge in [-0.2, -0.15) is 0 Å². The summed E-state index contributed by atoms with van der Waals surface area (Å²) in [5.74, 6) is -0.497. The van der Waals surface area contributed by atoms with Gasteiger partial charge in [0.1, 0.15) is 5.82 Å². The molecule has 0 spiro atoms. The van der Waals surface area contributed by atoms with E-state index in [0.29, 0.717) is 22.4 Å². The summed E-state index contributed by atoms with van der Waals surface area (Å²) in [6.07, 6.45) is 0. The lowest BCUT2D eigenvalue weighted by Crippen LogP contribution is -2.06. The van der Waals surface area contributed by atoms with Crippen LogP contribution in [0.25, 0.3) is 0 Å². The Morgan fingerprint density at radius 1 is 1.11 bits per heavy atom. The fraction of sp³-hybridized carbons (Fsp3) is 0.133. The molecule has 2 N–H and O–H groups in total. The first-order chi connectivity index (χ1) is 8.49. The molecule has 0 amide bonds. The average Bonchev–Trinajstić information content (AvgIpc) is 2.35. The highest BCUT2D eigenvalue weighted by Crippen LogP contribution is 2.19. The Balaban J connectivity index is 2.47. The number of hydrogen-bond donors (Lipinski definition) is 1. The predicted molar refractivity (Wildman–Crippen MR) is 70.2 cm³/mol. The van der Waals surface area contributed by atoms with Gasteiger partial charge in [-0.1, -0.05) is 11.6 Å². The van der Waals surface area contributed by atoms with Crippen molar-refractivity contribution in [1.29, 1.82) is 0 Å². The monoisotopic (exact) mass is 243 g/mol. The molecule has 0 saturated carbocycles. The Bertz CT molecular complexity index is 620. The molecule has 0 saturated heterocycles. The van der Waals surface area contributed by atoms with E-state index < -0.39 is 0 Å². The van der Waals surface area contributed by atoms with Crippen molar-refractivity contribution in [1.82, 2.24) is 0 Å². The molecule has 92 valence electrons. The highest BCUT2D eigenvalue weighted by atomic mass is 19.1. The molecule has 0 unspecified atom stereocenters. The number of hydrogen-bond acceptors (Lipinski definition) is 2. The van der Waals surface area contributed by atoms with Crippen molar-refractivity contribution in [2.45, 2.75) is 13.8 Å². The van der Waals surface area contributed by atoms with Crippen LogP contribution >= 0.6 is 0 Å². The van der Waals surface area contributed by atoms with E-state index in [1.165, 1.54) is 12.1 Å². The lowest BCUT2D eigenvalue weighted by Gasteiger charge is -2.07. The van der Waals surface area contributed by atoms with E-state index in [4.69, 9.17) is 5.73 Å². The summed E-state index contributed by atoms with van der Waals surface area (Å²) in [6.45, 7) is 3.53. The van der Waals surface area contributed by atoms with Crippen LogP contribution in [-0.4, -0.2) is 5.78 Å². The second-order valence-electron chi connectivity index (χ2n) is 4.38. The molecule has 2 rings (SSSR count). The zero-order valence-electron chi connectivity index (χ0n) is 10.3. The van der Waals surface area contributed by atoms with Gasteiger partial charge in [0.05, 0.1) is 0 Å². The van der Waals surface area contributed by atoms with Gasteiger partial charge in [-0.25, -0.2) is 4.39 Å². The zero-order chi connectivity index (χ0) is 13.3. The van der Waals surface area contributed by atoms with Crippen molar-refractivity contribution in [3.8, 4) is 0 Å². The lowest BCUT2D eigenvalue weighted by molar-refractivity contribution is 0.103. The Labute approximate surface area is 105 Å². The molecule has 0 aliphatic rings. The quantitative estimate of drug-likeness (QED) is 0.650. The number of carbonyl (C=O) groups excluding carboxylic acids is 1. The van der Waals surface area contributed by atoms with E-state index in [9.17, 15) is 9.18 Å². The van der Waals surface area contributed by atoms with Gasteiger partial charge in [0.15, 0.2) is 5.78 Å². The minimum absolute atomic E-state index is 0.181. The van der Waals surface area contributed by atoms with Gasteiger partial charge in [-0.15, -0.1) is 0 Å². The van der Waals surface area contributed by atoms with Gasteiger partial charge in [0.2, 0.25) is 0 Å². The van der Waals surface area contributed by atoms with Crippen LogP contribution in [0.1, 0.15) is 27.0 Å². The van der Waals surface area contributed by atoms with Crippen LogP contribution in [0.4, 0.5) is 10.1 Å². The normalized spacial score (nSPS) is 10.4. The van der Waals surface area contributed by atoms with Crippen molar-refractivity contribution in [2.24, 2.45) is 0 Å². The van der Waals surface area contributed by atoms with Crippen molar-refractivity contribution >= 4 is 11.5 Å². The zero-order valence-corrected chi connectivity index (χ0v) is 10.3. The molecular weight excluding hydrogens is 229 g/mol. The number of aryl methyl sites for hydroxylation is 2. The van der Waals surface area contributed by atoms with Gasteiger partial charge in [0.25, 0.3) is 0 Å². The minimum atomic E-state index is -0.316. The topological polar surface area (TPSA) is 43.1 Å². The van der Waals surface area contributed by atoms with Gasteiger partial charge in [-0.3, -0.25) is 4.79 Å². The Kier molecular flexibility index (Phi) is 3.15. The number of carbonyl (C=O) groups is 1. The third-order valence-electron chi connectivity index (χ3n) is 2.87. The molecule has 0 atom stereocenters. The molecule has 0 fully saturated rings. The molecule has 3 heteroatoms. The van der Waals surface area contributed by atoms with E-state index in [1.54, 1.807) is 25.1 Å². The van der Waals surface area contributed by atoms with Crippen LogP contribution in [0.5, 0.6) is 0 Å². The molecule has 2 aromatic rings. The van der Waals surface area contributed by atoms with E-state index in [0.717, 1.165) is 5.56 Å². The molecule has 0 aliphatic carbocycles. The number of nitrogens with two attached hydrogens (primary N) is 1. The molecule has 0 radical (unpaired) electrons. The molecule has 0 bridgehead atoms. The predicted octanol–water partition coefficient (Wildman–Crippen LogP) is 3.26. The smallest absolute Gasteiger partial charge is 0.195 e. The molecule has 18 heavy (non-hydrogen) atoms. The van der Waals surface area contributed by atoms with Gasteiger partial charge in [0, 0.05) is 16.8 Å². The summed E-state index contributed by atoms with van der Waals surface area (Å²) in [7, 11) is 0. The second-order valence-corrected chi connectivity index (χ2v) is 4.38. The molecule has 0 aliphatic heterocycles. The summed E-state index contributed by atoms with van der Waals surface area (Å²) >= 11 is 0. The van der Waals surface area contributed by atoms with Crippen LogP contribution in [-0.2, 0) is 0 Å². The summed E-state index contributed by atoms with van der Waals surface area (Å²) in [6, 6.07) is 9.62. The third-order valence-corrected chi connectivity index (χ3v) is 2.87. The van der Waals surface area contributed by atoms with Crippen LogP contribution in [0.15, 0.2) is 36.4 Å². The molecule has 0 heterocycles. The van der Waals surface area contributed by atoms with E-state index in [2.05, 4.69) is 0 Å². The Morgan fingerprint density at radius 3 is 2.50 bits per heavy atom. The standard InChI is InChI=1S/C15H14FNO/c1-9-3-6-14(17)12(7-9)15(18)11-4-5-13(16)10(2)8-11/h3-8H,17H2,1-2H3. The number of nitrogen functional groups attached to an aromatic ring is 1. The second kappa shape index (κ2) is 4.61. The third kappa shape index (κ3) is 2.25. The number of anilines is 1. The Morgan fingerprint density at radius 2 is 1.83 bits per heavy atom. The maximum absolute atomic E-state index is 13.2. The van der Waals surface area contributed by atoms with Gasteiger partial charge in [-0.05, 0) is 49.7 Å². The van der Waals surface area contributed by atoms with Crippen LogP contribution in [0, 0.1) is 19.7 Å². The first-order valence-electron chi connectivity index (χ1n) is 5.66. The fourth-order valence-electron chi connectivity index (χ4n) is 1.81. The molecule has 0 aromatic heterocycles. The van der Waals surface area contributed by atoms with Crippen molar-refractivity contribution in [2.75, 3.05) is 5.73 Å². The van der Waals surface area contributed by atoms with E-state index in [1.807, 2.05) is 13.0 Å². The van der Waals surface area contributed by atoms with E-state index in [-0.39, 0.29) is 11.6 Å². The molecule has 2 nitrogen and oxygen atoms in total. The lowest BCUT2D eigenvalue weighted by atomic mass is 9.99. The first kappa shape index (κ1) is 12.3. The molecule has 2 aromatic carbocycles. The highest BCUT2D eigenvalue weighted by Gasteiger charge is 2.13. The number of benzene rings is 2. The maximum Gasteiger partial charge on any atom is 0.195 e. The van der Waals surface area contributed by atoms with Gasteiger partial charge >= 0.3 is 0 Å². The fourth-order valence-corrected chi connectivity index (χ4v) is 1.81. The first-order valence-corrected chi connectivity index (χ1v) is 5.66. The van der Waals surface area contributed by atoms with Crippen LogP contribution in [0.2, 0.25) is 0 Å². The van der Waals surface area contributed by atoms with Gasteiger partial charge < -0.3 is 5.73 Å². The van der Waals surface area contributed by atoms with Crippen molar-refractivity contribution in [3.63, 3.8) is 0 Å². The van der Waals surface area contributed by atoms with Crippen molar-refractivity contribution < 1.29 is 9.18 Å². The number of rotatable bonds is 2. The average molecular weight is 243 g/mol.